The van der Waals surface area contributed by atoms with E-state index in [-0.39, 0.29) is 16.9 Å². The summed E-state index contributed by atoms with van der Waals surface area (Å²) in [6.45, 7) is 0. The molecule has 2 aromatic rings. The van der Waals surface area contributed by atoms with Crippen molar-refractivity contribution in [2.45, 2.75) is 11.4 Å². The first-order valence-electron chi connectivity index (χ1n) is 8.52. The zero-order chi connectivity index (χ0) is 21.0. The molecule has 2 N–H and O–H groups in total. The molecule has 154 valence electrons. The van der Waals surface area contributed by atoms with E-state index in [9.17, 15) is 27.2 Å². The molecule has 1 unspecified atom stereocenters. The first-order valence-corrected chi connectivity index (χ1v) is 10.7. The summed E-state index contributed by atoms with van der Waals surface area (Å²) in [6.07, 6.45) is -4.73. The van der Waals surface area contributed by atoms with Crippen molar-refractivity contribution in [3.63, 3.8) is 0 Å². The predicted molar refractivity (Wildman–Crippen MR) is 108 cm³/mol. The SMILES string of the molecule is O=C(Nc1ccc(NC(=O)C2CSCCS2)c(C(F)(F)F)c1)c1ccc(F)cc1. The third-order valence-electron chi connectivity index (χ3n) is 4.06. The van der Waals surface area contributed by atoms with Crippen LogP contribution in [0, 0.1) is 5.82 Å². The highest BCUT2D eigenvalue weighted by molar-refractivity contribution is 8.07. The average Bonchev–Trinajstić information content (AvgIpc) is 2.69. The molecule has 10 heteroatoms. The van der Waals surface area contributed by atoms with Crippen LogP contribution in [0.4, 0.5) is 28.9 Å². The summed E-state index contributed by atoms with van der Waals surface area (Å²) in [6, 6.07) is 7.76. The highest BCUT2D eigenvalue weighted by Gasteiger charge is 2.35. The number of amides is 2. The molecule has 0 aromatic heterocycles. The Labute approximate surface area is 172 Å². The highest BCUT2D eigenvalue weighted by atomic mass is 32.2. The second-order valence-corrected chi connectivity index (χ2v) is 8.60. The summed E-state index contributed by atoms with van der Waals surface area (Å²) < 4.78 is 53.5. The minimum atomic E-state index is -4.73. The molecule has 1 aliphatic rings. The number of benzene rings is 2. The maximum atomic E-state index is 13.5. The number of carbonyl (C=O) groups excluding carboxylic acids is 2. The van der Waals surface area contributed by atoms with Gasteiger partial charge < -0.3 is 10.6 Å². The smallest absolute Gasteiger partial charge is 0.325 e. The minimum absolute atomic E-state index is 0.0905. The van der Waals surface area contributed by atoms with Crippen LogP contribution in [-0.4, -0.2) is 34.3 Å². The van der Waals surface area contributed by atoms with Crippen molar-refractivity contribution in [3.8, 4) is 0 Å². The Bertz CT molecular complexity index is 898. The predicted octanol–water partition coefficient (Wildman–Crippen LogP) is 4.88. The molecule has 1 saturated heterocycles. The lowest BCUT2D eigenvalue weighted by Crippen LogP contribution is -2.31. The van der Waals surface area contributed by atoms with E-state index in [1.54, 1.807) is 11.8 Å². The van der Waals surface area contributed by atoms with Crippen LogP contribution in [0.3, 0.4) is 0 Å². The van der Waals surface area contributed by atoms with Gasteiger partial charge in [0, 0.05) is 28.5 Å². The zero-order valence-electron chi connectivity index (χ0n) is 14.9. The van der Waals surface area contributed by atoms with Gasteiger partial charge in [-0.15, -0.1) is 11.8 Å². The average molecular weight is 444 g/mol. The van der Waals surface area contributed by atoms with Gasteiger partial charge in [-0.2, -0.15) is 24.9 Å². The summed E-state index contributed by atoms with van der Waals surface area (Å²) in [4.78, 5) is 24.5. The molecule has 29 heavy (non-hydrogen) atoms. The molecule has 4 nitrogen and oxygen atoms in total. The number of anilines is 2. The van der Waals surface area contributed by atoms with E-state index >= 15 is 0 Å². The van der Waals surface area contributed by atoms with Gasteiger partial charge in [0.05, 0.1) is 16.5 Å². The fourth-order valence-corrected chi connectivity index (χ4v) is 5.18. The maximum absolute atomic E-state index is 13.5. The van der Waals surface area contributed by atoms with E-state index in [4.69, 9.17) is 0 Å². The molecule has 1 fully saturated rings. The zero-order valence-corrected chi connectivity index (χ0v) is 16.5. The van der Waals surface area contributed by atoms with Gasteiger partial charge in [0.25, 0.3) is 5.91 Å². The highest BCUT2D eigenvalue weighted by Crippen LogP contribution is 2.37. The van der Waals surface area contributed by atoms with Crippen LogP contribution in [0.5, 0.6) is 0 Å². The Morgan fingerprint density at radius 1 is 1.00 bits per heavy atom. The number of carbonyl (C=O) groups is 2. The normalized spacial score (nSPS) is 16.9. The number of hydrogen-bond acceptors (Lipinski definition) is 4. The molecule has 3 rings (SSSR count). The molecule has 0 radical (unpaired) electrons. The lowest BCUT2D eigenvalue weighted by molar-refractivity contribution is -0.136. The van der Waals surface area contributed by atoms with Crippen LogP contribution in [0.25, 0.3) is 0 Å². The topological polar surface area (TPSA) is 58.2 Å². The number of hydrogen-bond donors (Lipinski definition) is 2. The molecule has 1 heterocycles. The first kappa shape index (κ1) is 21.5. The van der Waals surface area contributed by atoms with Crippen molar-refractivity contribution in [2.24, 2.45) is 0 Å². The fraction of sp³-hybridized carbons (Fsp3) is 0.263. The van der Waals surface area contributed by atoms with Crippen molar-refractivity contribution in [2.75, 3.05) is 27.9 Å². The van der Waals surface area contributed by atoms with Gasteiger partial charge in [-0.3, -0.25) is 9.59 Å². The quantitative estimate of drug-likeness (QED) is 0.660. The second kappa shape index (κ2) is 9.08. The van der Waals surface area contributed by atoms with Crippen molar-refractivity contribution in [1.82, 2.24) is 0 Å². The van der Waals surface area contributed by atoms with Gasteiger partial charge >= 0.3 is 6.18 Å². The number of thioether (sulfide) groups is 2. The van der Waals surface area contributed by atoms with Gasteiger partial charge in [-0.1, -0.05) is 0 Å². The summed E-state index contributed by atoms with van der Waals surface area (Å²) >= 11 is 3.00. The lowest BCUT2D eigenvalue weighted by Gasteiger charge is -2.22. The first-order chi connectivity index (χ1) is 13.7. The van der Waals surface area contributed by atoms with Crippen molar-refractivity contribution in [1.29, 1.82) is 0 Å². The van der Waals surface area contributed by atoms with E-state index in [0.717, 1.165) is 35.8 Å². The van der Waals surface area contributed by atoms with Crippen molar-refractivity contribution < 1.29 is 27.2 Å². The van der Waals surface area contributed by atoms with E-state index in [0.29, 0.717) is 5.75 Å². The van der Waals surface area contributed by atoms with Crippen LogP contribution < -0.4 is 10.6 Å². The largest absolute Gasteiger partial charge is 0.418 e. The van der Waals surface area contributed by atoms with Gasteiger partial charge in [-0.05, 0) is 42.5 Å². The number of nitrogens with one attached hydrogen (secondary N) is 2. The Balaban J connectivity index is 1.79. The molecule has 0 aliphatic carbocycles. The van der Waals surface area contributed by atoms with Crippen LogP contribution in [0.15, 0.2) is 42.5 Å². The lowest BCUT2D eigenvalue weighted by atomic mass is 10.1. The van der Waals surface area contributed by atoms with E-state index < -0.39 is 34.6 Å². The maximum Gasteiger partial charge on any atom is 0.418 e. The van der Waals surface area contributed by atoms with Crippen molar-refractivity contribution >= 4 is 46.7 Å². The van der Waals surface area contributed by atoms with Crippen LogP contribution in [0.2, 0.25) is 0 Å². The molecule has 2 aromatic carbocycles. The third-order valence-corrected chi connectivity index (χ3v) is 6.81. The molecule has 1 atom stereocenters. The third kappa shape index (κ3) is 5.66. The standard InChI is InChI=1S/C19H16F4N2O2S2/c20-12-3-1-11(2-4-12)17(26)24-13-5-6-15(14(9-13)19(21,22)23)25-18(27)16-10-28-7-8-29-16/h1-6,9,16H,7-8,10H2,(H,24,26)(H,25,27). The Morgan fingerprint density at radius 3 is 2.34 bits per heavy atom. The number of rotatable bonds is 4. The van der Waals surface area contributed by atoms with Gasteiger partial charge in [0.1, 0.15) is 5.82 Å². The summed E-state index contributed by atoms with van der Waals surface area (Å²) in [5.74, 6) is 0.536. The number of alkyl halides is 3. The molecular weight excluding hydrogens is 428 g/mol. The van der Waals surface area contributed by atoms with Crippen LogP contribution >= 0.6 is 23.5 Å². The van der Waals surface area contributed by atoms with Crippen LogP contribution in [-0.2, 0) is 11.0 Å². The van der Waals surface area contributed by atoms with E-state index in [2.05, 4.69) is 10.6 Å². The molecular formula is C19H16F4N2O2S2. The molecule has 2 amide bonds. The molecule has 0 bridgehead atoms. The van der Waals surface area contributed by atoms with E-state index in [1.165, 1.54) is 30.0 Å². The summed E-state index contributed by atoms with van der Waals surface area (Å²) in [5, 5.41) is 4.30. The number of halogens is 4. The molecule has 0 spiro atoms. The Morgan fingerprint density at radius 2 is 1.72 bits per heavy atom. The van der Waals surface area contributed by atoms with Gasteiger partial charge in [0.15, 0.2) is 0 Å². The fourth-order valence-electron chi connectivity index (χ4n) is 2.62. The van der Waals surface area contributed by atoms with Crippen LogP contribution in [0.1, 0.15) is 15.9 Å². The van der Waals surface area contributed by atoms with Crippen molar-refractivity contribution in [3.05, 3.63) is 59.4 Å². The summed E-state index contributed by atoms with van der Waals surface area (Å²) in [7, 11) is 0. The Kier molecular flexibility index (Phi) is 6.74. The minimum Gasteiger partial charge on any atom is -0.325 e. The second-order valence-electron chi connectivity index (χ2n) is 6.14. The van der Waals surface area contributed by atoms with E-state index in [1.807, 2.05) is 0 Å². The monoisotopic (exact) mass is 444 g/mol. The van der Waals surface area contributed by atoms with Gasteiger partial charge in [0.2, 0.25) is 5.91 Å². The molecule has 0 saturated carbocycles. The van der Waals surface area contributed by atoms with Gasteiger partial charge in [-0.25, -0.2) is 4.39 Å². The Hall–Kier alpha value is -2.20. The summed E-state index contributed by atoms with van der Waals surface area (Å²) in [5.41, 5.74) is -1.41. The molecule has 1 aliphatic heterocycles.